The number of ether oxygens (including phenoxy) is 4. The standard InChI is InChI=1S/C27H32F12O4/c1-4-15(2)17-5-7-19(8-6-17)23(26(34,35)36,27(37,38)39)43-14-41-21-11-16-9-18(20(21)10-16)12-22(24(28,29)30,25(31,32)33)42-13-40-3/h5-8,15-16,18,20-21H,4,9-14H2,1-3H3. The molecule has 1 aromatic carbocycles. The van der Waals surface area contributed by atoms with Gasteiger partial charge in [-0.2, -0.15) is 52.7 Å². The molecule has 16 heteroatoms. The van der Waals surface area contributed by atoms with Crippen LogP contribution in [-0.4, -0.2) is 57.1 Å². The van der Waals surface area contributed by atoms with Crippen molar-refractivity contribution in [2.24, 2.45) is 17.8 Å². The summed E-state index contributed by atoms with van der Waals surface area (Å²) in [7, 11) is 0.834. The first-order valence-corrected chi connectivity index (χ1v) is 13.4. The minimum Gasteiger partial charge on any atom is -0.359 e. The van der Waals surface area contributed by atoms with E-state index >= 15 is 0 Å². The lowest BCUT2D eigenvalue weighted by Gasteiger charge is -2.41. The second kappa shape index (κ2) is 12.5. The highest BCUT2D eigenvalue weighted by Gasteiger charge is 2.75. The molecule has 4 nitrogen and oxygen atoms in total. The Labute approximate surface area is 240 Å². The molecule has 0 spiro atoms. The topological polar surface area (TPSA) is 36.9 Å². The Kier molecular flexibility index (Phi) is 10.4. The summed E-state index contributed by atoms with van der Waals surface area (Å²) in [5.41, 5.74) is -10.2. The number of methoxy groups -OCH3 is 1. The van der Waals surface area contributed by atoms with E-state index in [2.05, 4.69) is 14.2 Å². The van der Waals surface area contributed by atoms with E-state index in [4.69, 9.17) is 4.74 Å². The van der Waals surface area contributed by atoms with E-state index < -0.39 is 85.3 Å². The Balaban J connectivity index is 1.84. The number of fused-ring (bicyclic) bond motifs is 2. The van der Waals surface area contributed by atoms with Crippen molar-refractivity contribution >= 4 is 0 Å². The van der Waals surface area contributed by atoms with Gasteiger partial charge in [0, 0.05) is 12.7 Å². The van der Waals surface area contributed by atoms with Gasteiger partial charge in [-0.25, -0.2) is 0 Å². The van der Waals surface area contributed by atoms with Crippen molar-refractivity contribution in [3.05, 3.63) is 35.4 Å². The lowest BCUT2D eigenvalue weighted by Crippen LogP contribution is -2.60. The Hall–Kier alpha value is -1.78. The van der Waals surface area contributed by atoms with Gasteiger partial charge >= 0.3 is 24.7 Å². The lowest BCUT2D eigenvalue weighted by molar-refractivity contribution is -0.404. The summed E-state index contributed by atoms with van der Waals surface area (Å²) in [6.45, 7) is 0.618. The fourth-order valence-corrected chi connectivity index (χ4v) is 6.22. The van der Waals surface area contributed by atoms with Gasteiger partial charge in [0.25, 0.3) is 11.2 Å². The number of halogens is 12. The first-order valence-electron chi connectivity index (χ1n) is 13.4. The molecule has 5 atom stereocenters. The molecule has 0 heterocycles. The van der Waals surface area contributed by atoms with Gasteiger partial charge in [-0.15, -0.1) is 0 Å². The zero-order valence-corrected chi connectivity index (χ0v) is 23.3. The summed E-state index contributed by atoms with van der Waals surface area (Å²) in [6, 6.07) is 3.56. The van der Waals surface area contributed by atoms with Gasteiger partial charge in [-0.05, 0) is 61.3 Å². The molecule has 2 aliphatic carbocycles. The molecule has 43 heavy (non-hydrogen) atoms. The molecule has 0 radical (unpaired) electrons. The highest BCUT2D eigenvalue weighted by Crippen LogP contribution is 2.58. The minimum absolute atomic E-state index is 0.0170. The van der Waals surface area contributed by atoms with E-state index in [0.29, 0.717) is 24.1 Å². The van der Waals surface area contributed by atoms with Gasteiger partial charge in [-0.1, -0.05) is 38.1 Å². The Bertz CT molecular complexity index is 1020. The Morgan fingerprint density at radius 2 is 1.30 bits per heavy atom. The highest BCUT2D eigenvalue weighted by atomic mass is 19.4. The van der Waals surface area contributed by atoms with Gasteiger partial charge in [0.2, 0.25) is 0 Å². The fraction of sp³-hybridized carbons (Fsp3) is 0.778. The van der Waals surface area contributed by atoms with Crippen molar-refractivity contribution in [2.75, 3.05) is 20.7 Å². The number of hydrogen-bond acceptors (Lipinski definition) is 4. The third-order valence-corrected chi connectivity index (χ3v) is 8.63. The molecule has 0 aliphatic heterocycles. The van der Waals surface area contributed by atoms with Crippen molar-refractivity contribution in [2.45, 2.75) is 93.9 Å². The predicted octanol–water partition coefficient (Wildman–Crippen LogP) is 8.80. The summed E-state index contributed by atoms with van der Waals surface area (Å²) < 4.78 is 186. The summed E-state index contributed by atoms with van der Waals surface area (Å²) in [4.78, 5) is 0. The molecule has 2 aliphatic rings. The number of rotatable bonds is 12. The second-order valence-electron chi connectivity index (χ2n) is 11.1. The zero-order chi connectivity index (χ0) is 32.6. The van der Waals surface area contributed by atoms with Gasteiger partial charge in [-0.3, -0.25) is 0 Å². The van der Waals surface area contributed by atoms with Crippen LogP contribution in [0.5, 0.6) is 0 Å². The summed E-state index contributed by atoms with van der Waals surface area (Å²) in [5.74, 6) is -2.94. The molecule has 3 rings (SSSR count). The van der Waals surface area contributed by atoms with Crippen molar-refractivity contribution in [3.8, 4) is 0 Å². The maximum Gasteiger partial charge on any atom is 0.430 e. The average Bonchev–Trinajstić information content (AvgIpc) is 3.46. The van der Waals surface area contributed by atoms with Crippen molar-refractivity contribution in [1.82, 2.24) is 0 Å². The second-order valence-corrected chi connectivity index (χ2v) is 11.1. The third kappa shape index (κ3) is 6.76. The molecule has 0 amide bonds. The molecule has 1 aromatic rings. The largest absolute Gasteiger partial charge is 0.430 e. The van der Waals surface area contributed by atoms with Crippen LogP contribution < -0.4 is 0 Å². The van der Waals surface area contributed by atoms with Gasteiger partial charge in [0.05, 0.1) is 6.10 Å². The lowest BCUT2D eigenvalue weighted by atomic mass is 9.78. The molecule has 0 N–H and O–H groups in total. The van der Waals surface area contributed by atoms with E-state index in [1.54, 1.807) is 13.8 Å². The molecule has 0 saturated heterocycles. The van der Waals surface area contributed by atoms with Crippen LogP contribution in [0.15, 0.2) is 24.3 Å². The first kappa shape index (κ1) is 35.7. The van der Waals surface area contributed by atoms with Crippen LogP contribution >= 0.6 is 0 Å². The van der Waals surface area contributed by atoms with E-state index in [0.717, 1.165) is 19.2 Å². The maximum absolute atomic E-state index is 14.2. The van der Waals surface area contributed by atoms with E-state index in [1.165, 1.54) is 0 Å². The molecule has 0 aromatic heterocycles. The smallest absolute Gasteiger partial charge is 0.359 e. The molecule has 248 valence electrons. The molecule has 2 bridgehead atoms. The first-order chi connectivity index (χ1) is 19.6. The van der Waals surface area contributed by atoms with E-state index in [9.17, 15) is 52.7 Å². The molecule has 5 unspecified atom stereocenters. The van der Waals surface area contributed by atoms with Crippen LogP contribution in [0.1, 0.15) is 63.0 Å². The van der Waals surface area contributed by atoms with Gasteiger partial charge in [0.15, 0.2) is 0 Å². The summed E-state index contributed by atoms with van der Waals surface area (Å²) in [6.07, 6.45) is -26.1. The highest BCUT2D eigenvalue weighted by molar-refractivity contribution is 5.32. The Morgan fingerprint density at radius 3 is 1.74 bits per heavy atom. The fourth-order valence-electron chi connectivity index (χ4n) is 6.22. The van der Waals surface area contributed by atoms with Crippen LogP contribution in [0.2, 0.25) is 0 Å². The SMILES string of the molecule is CCC(C)c1ccc(C(OCOC2CC3CC(CC(OCOC)(C(F)(F)F)C(F)(F)F)C2C3)(C(F)(F)F)C(F)(F)F)cc1. The average molecular weight is 649 g/mol. The maximum atomic E-state index is 14.2. The van der Waals surface area contributed by atoms with Crippen molar-refractivity contribution in [3.63, 3.8) is 0 Å². The number of benzene rings is 1. The normalized spacial score (nSPS) is 24.5. The quantitative estimate of drug-likeness (QED) is 0.168. The monoisotopic (exact) mass is 648 g/mol. The predicted molar refractivity (Wildman–Crippen MR) is 127 cm³/mol. The van der Waals surface area contributed by atoms with Crippen LogP contribution in [0.3, 0.4) is 0 Å². The molecule has 2 fully saturated rings. The molecular weight excluding hydrogens is 616 g/mol. The van der Waals surface area contributed by atoms with E-state index in [-0.39, 0.29) is 25.2 Å². The van der Waals surface area contributed by atoms with Gasteiger partial charge in [0.1, 0.15) is 13.6 Å². The minimum atomic E-state index is -6.01. The zero-order valence-electron chi connectivity index (χ0n) is 23.3. The summed E-state index contributed by atoms with van der Waals surface area (Å²) >= 11 is 0. The van der Waals surface area contributed by atoms with Crippen molar-refractivity contribution in [1.29, 1.82) is 0 Å². The third-order valence-electron chi connectivity index (χ3n) is 8.63. The van der Waals surface area contributed by atoms with E-state index in [1.807, 2.05) is 0 Å². The van der Waals surface area contributed by atoms with Gasteiger partial charge < -0.3 is 18.9 Å². The molecule has 2 saturated carbocycles. The molecular formula is C27H32F12O4. The van der Waals surface area contributed by atoms with Crippen molar-refractivity contribution < 1.29 is 71.6 Å². The Morgan fingerprint density at radius 1 is 0.744 bits per heavy atom. The van der Waals surface area contributed by atoms with Crippen LogP contribution in [0.4, 0.5) is 52.7 Å². The van der Waals surface area contributed by atoms with Crippen LogP contribution in [0, 0.1) is 17.8 Å². The summed E-state index contributed by atoms with van der Waals surface area (Å²) in [5, 5.41) is 0. The van der Waals surface area contributed by atoms with Crippen LogP contribution in [-0.2, 0) is 24.5 Å². The van der Waals surface area contributed by atoms with Crippen LogP contribution in [0.25, 0.3) is 0 Å². The number of alkyl halides is 12. The number of hydrogen-bond donors (Lipinski definition) is 0.